The molecule has 1 atom stereocenters. The molecule has 19 heavy (non-hydrogen) atoms. The second kappa shape index (κ2) is 5.31. The Morgan fingerprint density at radius 1 is 1.42 bits per heavy atom. The number of hydrogen-bond acceptors (Lipinski definition) is 2. The van der Waals surface area contributed by atoms with Crippen molar-refractivity contribution >= 4 is 11.6 Å². The summed E-state index contributed by atoms with van der Waals surface area (Å²) in [5.74, 6) is -0.217. The van der Waals surface area contributed by atoms with Gasteiger partial charge in [0.15, 0.2) is 0 Å². The van der Waals surface area contributed by atoms with E-state index in [9.17, 15) is 4.39 Å². The third kappa shape index (κ3) is 2.51. The molecule has 0 saturated heterocycles. The maximum absolute atomic E-state index is 13.5. The van der Waals surface area contributed by atoms with Crippen LogP contribution in [0, 0.1) is 19.7 Å². The smallest absolute Gasteiger partial charge is 0.143 e. The molecular formula is C14H17ClFN3. The number of nitrogens with two attached hydrogens (primary N) is 1. The molecule has 1 unspecified atom stereocenters. The lowest BCUT2D eigenvalue weighted by molar-refractivity contribution is 0.625. The molecular weight excluding hydrogens is 265 g/mol. The van der Waals surface area contributed by atoms with E-state index in [0.29, 0.717) is 12.2 Å². The molecule has 1 aromatic carbocycles. The number of benzene rings is 1. The van der Waals surface area contributed by atoms with Crippen molar-refractivity contribution in [3.63, 3.8) is 0 Å². The summed E-state index contributed by atoms with van der Waals surface area (Å²) in [4.78, 5) is 0. The van der Waals surface area contributed by atoms with E-state index in [2.05, 4.69) is 12.0 Å². The van der Waals surface area contributed by atoms with Gasteiger partial charge in [-0.3, -0.25) is 0 Å². The van der Waals surface area contributed by atoms with Crippen molar-refractivity contribution in [2.45, 2.75) is 26.7 Å². The molecule has 0 aliphatic carbocycles. The molecule has 3 nitrogen and oxygen atoms in total. The topological polar surface area (TPSA) is 43.8 Å². The van der Waals surface area contributed by atoms with E-state index >= 15 is 0 Å². The van der Waals surface area contributed by atoms with Crippen molar-refractivity contribution in [2.75, 3.05) is 6.54 Å². The van der Waals surface area contributed by atoms with Gasteiger partial charge in [-0.05, 0) is 38.4 Å². The predicted molar refractivity (Wildman–Crippen MR) is 75.5 cm³/mol. The first-order valence-electron chi connectivity index (χ1n) is 6.17. The average Bonchev–Trinajstić information content (AvgIpc) is 2.67. The van der Waals surface area contributed by atoms with Gasteiger partial charge in [-0.25, -0.2) is 9.07 Å². The van der Waals surface area contributed by atoms with Gasteiger partial charge in [0.25, 0.3) is 0 Å². The second-order valence-corrected chi connectivity index (χ2v) is 5.14. The summed E-state index contributed by atoms with van der Waals surface area (Å²) in [6.07, 6.45) is 0. The summed E-state index contributed by atoms with van der Waals surface area (Å²) in [5.41, 5.74) is 9.41. The van der Waals surface area contributed by atoms with Gasteiger partial charge in [-0.2, -0.15) is 5.10 Å². The lowest BCUT2D eigenvalue weighted by Crippen LogP contribution is -2.10. The highest BCUT2D eigenvalue weighted by atomic mass is 35.5. The molecule has 0 aliphatic heterocycles. The molecule has 102 valence electrons. The third-order valence-corrected chi connectivity index (χ3v) is 3.65. The zero-order valence-corrected chi connectivity index (χ0v) is 12.0. The largest absolute Gasteiger partial charge is 0.330 e. The highest BCUT2D eigenvalue weighted by Crippen LogP contribution is 2.26. The molecule has 2 N–H and O–H groups in total. The van der Waals surface area contributed by atoms with Gasteiger partial charge in [-0.1, -0.05) is 18.5 Å². The van der Waals surface area contributed by atoms with Gasteiger partial charge >= 0.3 is 0 Å². The minimum atomic E-state index is -0.444. The van der Waals surface area contributed by atoms with Crippen LogP contribution in [0.2, 0.25) is 5.02 Å². The van der Waals surface area contributed by atoms with Crippen LogP contribution < -0.4 is 5.73 Å². The van der Waals surface area contributed by atoms with E-state index in [1.54, 1.807) is 10.7 Å². The zero-order valence-electron chi connectivity index (χ0n) is 11.2. The van der Waals surface area contributed by atoms with Crippen LogP contribution in [-0.2, 0) is 0 Å². The molecule has 0 aliphatic rings. The third-order valence-electron chi connectivity index (χ3n) is 3.34. The molecule has 0 bridgehead atoms. The van der Waals surface area contributed by atoms with Crippen LogP contribution >= 0.6 is 11.6 Å². The standard InChI is InChI=1S/C14H17ClFN3/c1-8(7-17)14-9(2)18-19(10(14)3)11-4-5-12(15)13(16)6-11/h4-6,8H,7,17H2,1-3H3. The van der Waals surface area contributed by atoms with E-state index in [4.69, 9.17) is 17.3 Å². The molecule has 0 radical (unpaired) electrons. The molecule has 0 fully saturated rings. The lowest BCUT2D eigenvalue weighted by Gasteiger charge is -2.10. The molecule has 0 saturated carbocycles. The van der Waals surface area contributed by atoms with Crippen molar-refractivity contribution in [1.29, 1.82) is 0 Å². The van der Waals surface area contributed by atoms with Crippen LogP contribution in [0.4, 0.5) is 4.39 Å². The van der Waals surface area contributed by atoms with Gasteiger partial charge in [0, 0.05) is 17.3 Å². The van der Waals surface area contributed by atoms with Gasteiger partial charge in [-0.15, -0.1) is 0 Å². The first-order chi connectivity index (χ1) is 8.95. The van der Waals surface area contributed by atoms with E-state index in [1.807, 2.05) is 13.8 Å². The highest BCUT2D eigenvalue weighted by Gasteiger charge is 2.17. The molecule has 1 heterocycles. The Kier molecular flexibility index (Phi) is 3.92. The Bertz CT molecular complexity index is 607. The zero-order chi connectivity index (χ0) is 14.2. The first kappa shape index (κ1) is 14.0. The number of hydrogen-bond donors (Lipinski definition) is 1. The predicted octanol–water partition coefficient (Wildman–Crippen LogP) is 3.34. The highest BCUT2D eigenvalue weighted by molar-refractivity contribution is 6.30. The minimum Gasteiger partial charge on any atom is -0.330 e. The fraction of sp³-hybridized carbons (Fsp3) is 0.357. The van der Waals surface area contributed by atoms with E-state index in [-0.39, 0.29) is 10.9 Å². The van der Waals surface area contributed by atoms with E-state index in [0.717, 1.165) is 17.0 Å². The molecule has 0 spiro atoms. The molecule has 5 heteroatoms. The first-order valence-corrected chi connectivity index (χ1v) is 6.55. The maximum Gasteiger partial charge on any atom is 0.143 e. The van der Waals surface area contributed by atoms with Crippen molar-refractivity contribution in [2.24, 2.45) is 5.73 Å². The molecule has 2 aromatic rings. The number of rotatable bonds is 3. The van der Waals surface area contributed by atoms with Crippen LogP contribution in [0.15, 0.2) is 18.2 Å². The Labute approximate surface area is 117 Å². The molecule has 1 aromatic heterocycles. The summed E-state index contributed by atoms with van der Waals surface area (Å²) in [6.45, 7) is 6.53. The Morgan fingerprint density at radius 3 is 2.68 bits per heavy atom. The van der Waals surface area contributed by atoms with E-state index in [1.165, 1.54) is 12.1 Å². The monoisotopic (exact) mass is 281 g/mol. The minimum absolute atomic E-state index is 0.112. The maximum atomic E-state index is 13.5. The summed E-state index contributed by atoms with van der Waals surface area (Å²) >= 11 is 5.70. The van der Waals surface area contributed by atoms with Crippen LogP contribution in [0.1, 0.15) is 29.8 Å². The number of halogens is 2. The van der Waals surface area contributed by atoms with Gasteiger partial charge < -0.3 is 5.73 Å². The Morgan fingerprint density at radius 2 is 2.11 bits per heavy atom. The summed E-state index contributed by atoms with van der Waals surface area (Å²) in [7, 11) is 0. The van der Waals surface area contributed by atoms with Crippen molar-refractivity contribution < 1.29 is 4.39 Å². The fourth-order valence-electron chi connectivity index (χ4n) is 2.35. The summed E-state index contributed by atoms with van der Waals surface area (Å²) < 4.78 is 15.3. The summed E-state index contributed by atoms with van der Waals surface area (Å²) in [5, 5.41) is 4.58. The van der Waals surface area contributed by atoms with Crippen molar-refractivity contribution in [3.8, 4) is 5.69 Å². The van der Waals surface area contributed by atoms with Crippen LogP contribution in [0.25, 0.3) is 5.69 Å². The Balaban J connectivity index is 2.54. The molecule has 0 amide bonds. The second-order valence-electron chi connectivity index (χ2n) is 4.73. The SMILES string of the molecule is Cc1nn(-c2ccc(Cl)c(F)c2)c(C)c1C(C)CN. The van der Waals surface area contributed by atoms with Crippen LogP contribution in [0.3, 0.4) is 0 Å². The lowest BCUT2D eigenvalue weighted by atomic mass is 9.99. The molecule has 2 rings (SSSR count). The van der Waals surface area contributed by atoms with E-state index < -0.39 is 5.82 Å². The van der Waals surface area contributed by atoms with Gasteiger partial charge in [0.2, 0.25) is 0 Å². The number of nitrogens with zero attached hydrogens (tertiary/aromatic N) is 2. The number of aromatic nitrogens is 2. The van der Waals surface area contributed by atoms with Crippen LogP contribution in [-0.4, -0.2) is 16.3 Å². The van der Waals surface area contributed by atoms with Crippen molar-refractivity contribution in [1.82, 2.24) is 9.78 Å². The fourth-order valence-corrected chi connectivity index (χ4v) is 2.47. The summed E-state index contributed by atoms with van der Waals surface area (Å²) in [6, 6.07) is 4.68. The van der Waals surface area contributed by atoms with Crippen LogP contribution in [0.5, 0.6) is 0 Å². The van der Waals surface area contributed by atoms with Crippen molar-refractivity contribution in [3.05, 3.63) is 46.0 Å². The Hall–Kier alpha value is -1.39. The van der Waals surface area contributed by atoms with Gasteiger partial charge in [0.05, 0.1) is 16.4 Å². The average molecular weight is 282 g/mol. The quantitative estimate of drug-likeness (QED) is 0.938. The normalized spacial score (nSPS) is 12.7. The number of aryl methyl sites for hydroxylation is 1. The van der Waals surface area contributed by atoms with Gasteiger partial charge in [0.1, 0.15) is 5.82 Å².